The summed E-state index contributed by atoms with van der Waals surface area (Å²) in [4.78, 5) is 48.5. The minimum absolute atomic E-state index is 0.0919. The lowest BCUT2D eigenvalue weighted by Crippen LogP contribution is -2.25. The molecule has 1 aliphatic carbocycles. The first-order valence-electron chi connectivity index (χ1n) is 9.76. The van der Waals surface area contributed by atoms with Gasteiger partial charge in [-0.05, 0) is 31.6 Å². The Labute approximate surface area is 168 Å². The summed E-state index contributed by atoms with van der Waals surface area (Å²) in [5, 5.41) is 0. The molecule has 2 aromatic heterocycles. The summed E-state index contributed by atoms with van der Waals surface area (Å²) in [5.41, 5.74) is 1.39. The van der Waals surface area contributed by atoms with Crippen LogP contribution < -0.4 is 0 Å². The van der Waals surface area contributed by atoms with Gasteiger partial charge in [0, 0.05) is 20.5 Å². The number of nitrogens with zero attached hydrogens (tertiary/aromatic N) is 2. The molecule has 0 aromatic carbocycles. The normalized spacial score (nSPS) is 19.1. The molecule has 0 unspecified atom stereocenters. The van der Waals surface area contributed by atoms with E-state index in [0.29, 0.717) is 30.7 Å². The quantitative estimate of drug-likeness (QED) is 0.487. The van der Waals surface area contributed by atoms with E-state index >= 15 is 0 Å². The van der Waals surface area contributed by atoms with Crippen LogP contribution in [0.5, 0.6) is 0 Å². The van der Waals surface area contributed by atoms with E-state index in [1.807, 2.05) is 0 Å². The summed E-state index contributed by atoms with van der Waals surface area (Å²) in [5.74, 6) is 0.437. The number of ketones is 2. The highest BCUT2D eigenvalue weighted by Crippen LogP contribution is 2.30. The predicted octanol–water partition coefficient (Wildman–Crippen LogP) is 2.60. The van der Waals surface area contributed by atoms with Gasteiger partial charge in [0.1, 0.15) is 6.61 Å². The second-order valence-corrected chi connectivity index (χ2v) is 7.47. The number of carbonyl (C=O) groups excluding carboxylic acids is 3. The smallest absolute Gasteiger partial charge is 0.309 e. The van der Waals surface area contributed by atoms with Crippen LogP contribution in [0.15, 0.2) is 12.4 Å². The minimum atomic E-state index is -0.211. The van der Waals surface area contributed by atoms with E-state index in [2.05, 4.69) is 19.9 Å². The molecule has 2 aromatic rings. The summed E-state index contributed by atoms with van der Waals surface area (Å²) >= 11 is 0. The zero-order valence-corrected chi connectivity index (χ0v) is 16.7. The Kier molecular flexibility index (Phi) is 6.92. The fourth-order valence-corrected chi connectivity index (χ4v) is 3.39. The number of aromatic nitrogens is 4. The highest BCUT2D eigenvalue weighted by molar-refractivity contribution is 5.90. The van der Waals surface area contributed by atoms with Gasteiger partial charge < -0.3 is 19.4 Å². The lowest BCUT2D eigenvalue weighted by Gasteiger charge is -2.27. The second kappa shape index (κ2) is 9.60. The standard InChI is InChI=1S/C20H26N4O5/c1-12(25)18-21-7-16(23-18)10-28-9-14-3-5-15(6-4-14)20(27)29-11-17-8-22-19(24-17)13(2)26/h7-8,14-15H,3-6,9-11H2,1-2H3,(H,21,23)(H,22,24). The summed E-state index contributed by atoms with van der Waals surface area (Å²) < 4.78 is 11.1. The van der Waals surface area contributed by atoms with Crippen molar-refractivity contribution in [3.8, 4) is 0 Å². The Hall–Kier alpha value is -2.81. The minimum Gasteiger partial charge on any atom is -0.459 e. The fraction of sp³-hybridized carbons (Fsp3) is 0.550. The van der Waals surface area contributed by atoms with Gasteiger partial charge in [-0.15, -0.1) is 0 Å². The molecule has 1 aliphatic rings. The van der Waals surface area contributed by atoms with E-state index in [1.54, 1.807) is 6.20 Å². The molecule has 29 heavy (non-hydrogen) atoms. The van der Waals surface area contributed by atoms with Crippen LogP contribution in [0, 0.1) is 11.8 Å². The van der Waals surface area contributed by atoms with E-state index in [0.717, 1.165) is 31.4 Å². The summed E-state index contributed by atoms with van der Waals surface area (Å²) in [6.45, 7) is 3.97. The maximum atomic E-state index is 12.3. The number of rotatable bonds is 9. The van der Waals surface area contributed by atoms with Crippen molar-refractivity contribution in [2.24, 2.45) is 11.8 Å². The first-order chi connectivity index (χ1) is 13.9. The average Bonchev–Trinajstić information content (AvgIpc) is 3.36. The van der Waals surface area contributed by atoms with E-state index in [-0.39, 0.29) is 35.9 Å². The van der Waals surface area contributed by atoms with Crippen molar-refractivity contribution in [3.63, 3.8) is 0 Å². The molecular formula is C20H26N4O5. The number of H-pyrrole nitrogens is 2. The van der Waals surface area contributed by atoms with Crippen molar-refractivity contribution in [1.82, 2.24) is 19.9 Å². The molecule has 156 valence electrons. The van der Waals surface area contributed by atoms with Gasteiger partial charge in [-0.3, -0.25) is 14.4 Å². The lowest BCUT2D eigenvalue weighted by molar-refractivity contribution is -0.151. The van der Waals surface area contributed by atoms with Crippen molar-refractivity contribution in [2.75, 3.05) is 6.61 Å². The van der Waals surface area contributed by atoms with Gasteiger partial charge in [0.05, 0.1) is 36.3 Å². The van der Waals surface area contributed by atoms with Crippen LogP contribution >= 0.6 is 0 Å². The summed E-state index contributed by atoms with van der Waals surface area (Å²) in [6, 6.07) is 0. The lowest BCUT2D eigenvalue weighted by atomic mass is 9.82. The molecule has 9 nitrogen and oxygen atoms in total. The van der Waals surface area contributed by atoms with Gasteiger partial charge in [0.2, 0.25) is 0 Å². The van der Waals surface area contributed by atoms with Crippen molar-refractivity contribution < 1.29 is 23.9 Å². The largest absolute Gasteiger partial charge is 0.459 e. The van der Waals surface area contributed by atoms with Crippen LogP contribution in [-0.4, -0.2) is 44.1 Å². The number of Topliss-reactive ketones (excluding diaryl/α,β-unsaturated/α-hetero) is 2. The number of aromatic amines is 2. The molecule has 0 atom stereocenters. The number of hydrogen-bond donors (Lipinski definition) is 2. The molecule has 0 saturated heterocycles. The molecule has 2 heterocycles. The number of carbonyl (C=O) groups is 3. The Balaban J connectivity index is 1.34. The zero-order chi connectivity index (χ0) is 20.8. The topological polar surface area (TPSA) is 127 Å². The van der Waals surface area contributed by atoms with E-state index < -0.39 is 0 Å². The van der Waals surface area contributed by atoms with Gasteiger partial charge in [-0.2, -0.15) is 0 Å². The Morgan fingerprint density at radius 3 is 2.00 bits per heavy atom. The maximum absolute atomic E-state index is 12.3. The Morgan fingerprint density at radius 2 is 1.48 bits per heavy atom. The molecular weight excluding hydrogens is 376 g/mol. The van der Waals surface area contributed by atoms with Gasteiger partial charge in [0.15, 0.2) is 23.2 Å². The Bertz CT molecular complexity index is 864. The highest BCUT2D eigenvalue weighted by Gasteiger charge is 2.27. The van der Waals surface area contributed by atoms with E-state index in [1.165, 1.54) is 20.0 Å². The predicted molar refractivity (Wildman–Crippen MR) is 102 cm³/mol. The van der Waals surface area contributed by atoms with Crippen LogP contribution in [0.1, 0.15) is 72.2 Å². The van der Waals surface area contributed by atoms with Crippen LogP contribution in [0.3, 0.4) is 0 Å². The van der Waals surface area contributed by atoms with E-state index in [9.17, 15) is 14.4 Å². The first kappa shape index (κ1) is 20.9. The van der Waals surface area contributed by atoms with Crippen LogP contribution in [0.4, 0.5) is 0 Å². The zero-order valence-electron chi connectivity index (χ0n) is 16.7. The molecule has 0 spiro atoms. The summed E-state index contributed by atoms with van der Waals surface area (Å²) in [6.07, 6.45) is 6.47. The molecule has 3 rings (SSSR count). The molecule has 0 aliphatic heterocycles. The van der Waals surface area contributed by atoms with Crippen LogP contribution in [0.2, 0.25) is 0 Å². The summed E-state index contributed by atoms with van der Waals surface area (Å²) in [7, 11) is 0. The number of imidazole rings is 2. The molecule has 0 bridgehead atoms. The third kappa shape index (κ3) is 5.83. The van der Waals surface area contributed by atoms with Crippen molar-refractivity contribution in [2.45, 2.75) is 52.7 Å². The van der Waals surface area contributed by atoms with Crippen LogP contribution in [0.25, 0.3) is 0 Å². The molecule has 2 N–H and O–H groups in total. The maximum Gasteiger partial charge on any atom is 0.309 e. The molecule has 0 radical (unpaired) electrons. The van der Waals surface area contributed by atoms with Gasteiger partial charge in [0.25, 0.3) is 0 Å². The number of hydrogen-bond acceptors (Lipinski definition) is 7. The van der Waals surface area contributed by atoms with Crippen molar-refractivity contribution >= 4 is 17.5 Å². The number of esters is 1. The SMILES string of the molecule is CC(=O)c1ncc(COCC2CCC(C(=O)OCc3cnc(C(C)=O)[nH]3)CC2)[nH]1. The Morgan fingerprint density at radius 1 is 0.931 bits per heavy atom. The van der Waals surface area contributed by atoms with Gasteiger partial charge >= 0.3 is 5.97 Å². The second-order valence-electron chi connectivity index (χ2n) is 7.47. The molecule has 1 saturated carbocycles. The monoisotopic (exact) mass is 402 g/mol. The van der Waals surface area contributed by atoms with Gasteiger partial charge in [-0.25, -0.2) is 9.97 Å². The molecule has 9 heteroatoms. The van der Waals surface area contributed by atoms with Gasteiger partial charge in [-0.1, -0.05) is 0 Å². The third-order valence-electron chi connectivity index (χ3n) is 5.08. The van der Waals surface area contributed by atoms with Crippen LogP contribution in [-0.2, 0) is 27.5 Å². The van der Waals surface area contributed by atoms with Crippen molar-refractivity contribution in [1.29, 1.82) is 0 Å². The molecule has 1 fully saturated rings. The third-order valence-corrected chi connectivity index (χ3v) is 5.08. The first-order valence-corrected chi connectivity index (χ1v) is 9.76. The molecule has 0 amide bonds. The number of ether oxygens (including phenoxy) is 2. The fourth-order valence-electron chi connectivity index (χ4n) is 3.39. The average molecular weight is 402 g/mol. The number of nitrogens with one attached hydrogen (secondary N) is 2. The van der Waals surface area contributed by atoms with E-state index in [4.69, 9.17) is 9.47 Å². The highest BCUT2D eigenvalue weighted by atomic mass is 16.5. The van der Waals surface area contributed by atoms with Crippen molar-refractivity contribution in [3.05, 3.63) is 35.4 Å².